The number of esters is 1. The summed E-state index contributed by atoms with van der Waals surface area (Å²) >= 11 is 0. The van der Waals surface area contributed by atoms with Gasteiger partial charge in [0.25, 0.3) is 0 Å². The molecule has 0 spiro atoms. The van der Waals surface area contributed by atoms with Crippen LogP contribution in [0.25, 0.3) is 0 Å². The van der Waals surface area contributed by atoms with Gasteiger partial charge in [-0.25, -0.2) is 0 Å². The van der Waals surface area contributed by atoms with Crippen molar-refractivity contribution in [2.24, 2.45) is 0 Å². The molecule has 1 aromatic carbocycles. The van der Waals surface area contributed by atoms with Crippen LogP contribution in [-0.2, 0) is 16.0 Å². The zero-order chi connectivity index (χ0) is 13.8. The third kappa shape index (κ3) is 3.07. The Kier molecular flexibility index (Phi) is 4.43. The fraction of sp³-hybridized carbons (Fsp3) is 0.533. The van der Waals surface area contributed by atoms with Gasteiger partial charge in [-0.1, -0.05) is 6.07 Å². The molecule has 104 valence electrons. The van der Waals surface area contributed by atoms with E-state index in [9.17, 15) is 4.79 Å². The molecule has 1 aliphatic carbocycles. The summed E-state index contributed by atoms with van der Waals surface area (Å²) in [5.41, 5.74) is 2.57. The van der Waals surface area contributed by atoms with Crippen molar-refractivity contribution in [2.45, 2.75) is 38.3 Å². The van der Waals surface area contributed by atoms with Crippen LogP contribution in [-0.4, -0.2) is 26.2 Å². The van der Waals surface area contributed by atoms with Crippen LogP contribution in [0.15, 0.2) is 18.2 Å². The largest absolute Gasteiger partial charge is 0.497 e. The maximum atomic E-state index is 11.5. The first-order valence-corrected chi connectivity index (χ1v) is 6.66. The molecule has 0 bridgehead atoms. The number of fused-ring (bicyclic) bond motifs is 1. The number of methoxy groups -OCH3 is 2. The third-order valence-corrected chi connectivity index (χ3v) is 3.67. The summed E-state index contributed by atoms with van der Waals surface area (Å²) in [6, 6.07) is 6.08. The molecule has 0 aromatic heterocycles. The normalized spacial score (nSPS) is 19.4. The van der Waals surface area contributed by atoms with E-state index in [4.69, 9.17) is 9.47 Å². The second-order valence-corrected chi connectivity index (χ2v) is 4.92. The van der Waals surface area contributed by atoms with E-state index in [0.29, 0.717) is 0 Å². The molecule has 0 radical (unpaired) electrons. The van der Waals surface area contributed by atoms with Gasteiger partial charge >= 0.3 is 5.97 Å². The smallest absolute Gasteiger partial charge is 0.322 e. The average Bonchev–Trinajstić information content (AvgIpc) is 2.45. The Hall–Kier alpha value is -1.55. The molecule has 0 aliphatic heterocycles. The van der Waals surface area contributed by atoms with Crippen molar-refractivity contribution in [1.29, 1.82) is 0 Å². The van der Waals surface area contributed by atoms with E-state index < -0.39 is 0 Å². The number of rotatable bonds is 4. The van der Waals surface area contributed by atoms with Crippen molar-refractivity contribution in [3.05, 3.63) is 29.3 Å². The van der Waals surface area contributed by atoms with E-state index in [2.05, 4.69) is 17.4 Å². The van der Waals surface area contributed by atoms with E-state index in [1.165, 1.54) is 18.2 Å². The molecule has 0 heterocycles. The van der Waals surface area contributed by atoms with Crippen molar-refractivity contribution >= 4 is 5.97 Å². The fourth-order valence-corrected chi connectivity index (χ4v) is 2.64. The lowest BCUT2D eigenvalue weighted by molar-refractivity contribution is -0.142. The van der Waals surface area contributed by atoms with Crippen molar-refractivity contribution in [1.82, 2.24) is 5.32 Å². The topological polar surface area (TPSA) is 47.6 Å². The molecule has 19 heavy (non-hydrogen) atoms. The number of aryl methyl sites for hydroxylation is 1. The van der Waals surface area contributed by atoms with E-state index in [1.807, 2.05) is 13.0 Å². The van der Waals surface area contributed by atoms with Crippen LogP contribution in [0.4, 0.5) is 0 Å². The van der Waals surface area contributed by atoms with Crippen molar-refractivity contribution in [3.63, 3.8) is 0 Å². The molecule has 0 amide bonds. The average molecular weight is 263 g/mol. The minimum absolute atomic E-state index is 0.212. The Labute approximate surface area is 114 Å². The summed E-state index contributed by atoms with van der Waals surface area (Å²) in [6.07, 6.45) is 3.23. The van der Waals surface area contributed by atoms with Gasteiger partial charge in [0, 0.05) is 6.04 Å². The predicted molar refractivity (Wildman–Crippen MR) is 73.3 cm³/mol. The molecule has 1 aromatic rings. The lowest BCUT2D eigenvalue weighted by Gasteiger charge is -2.28. The van der Waals surface area contributed by atoms with Gasteiger partial charge in [-0.05, 0) is 49.4 Å². The predicted octanol–water partition coefficient (Wildman–Crippen LogP) is 2.22. The molecule has 1 aliphatic rings. The number of hydrogen-bond donors (Lipinski definition) is 1. The van der Waals surface area contributed by atoms with Gasteiger partial charge in [0.1, 0.15) is 11.8 Å². The summed E-state index contributed by atoms with van der Waals surface area (Å²) < 4.78 is 10.0. The number of nitrogens with one attached hydrogen (secondary N) is 1. The van der Waals surface area contributed by atoms with Gasteiger partial charge in [0.2, 0.25) is 0 Å². The van der Waals surface area contributed by atoms with Crippen LogP contribution < -0.4 is 10.1 Å². The number of carbonyl (C=O) groups is 1. The first-order valence-electron chi connectivity index (χ1n) is 6.66. The number of carbonyl (C=O) groups excluding carboxylic acids is 1. The number of hydrogen-bond acceptors (Lipinski definition) is 4. The Morgan fingerprint density at radius 1 is 1.42 bits per heavy atom. The number of benzene rings is 1. The molecule has 1 N–H and O–H groups in total. The fourth-order valence-electron chi connectivity index (χ4n) is 2.64. The monoisotopic (exact) mass is 263 g/mol. The van der Waals surface area contributed by atoms with Gasteiger partial charge in [-0.2, -0.15) is 0 Å². The molecule has 2 rings (SSSR count). The van der Waals surface area contributed by atoms with Gasteiger partial charge in [-0.15, -0.1) is 0 Å². The first kappa shape index (κ1) is 13.9. The van der Waals surface area contributed by atoms with E-state index >= 15 is 0 Å². The Morgan fingerprint density at radius 3 is 2.89 bits per heavy atom. The highest BCUT2D eigenvalue weighted by Gasteiger charge is 2.24. The van der Waals surface area contributed by atoms with Gasteiger partial charge < -0.3 is 9.47 Å². The lowest BCUT2D eigenvalue weighted by Crippen LogP contribution is -2.38. The standard InChI is InChI=1S/C15H21NO3/c1-10(15(17)19-3)16-14-6-4-5-11-9-12(18-2)7-8-13(11)14/h7-10,14,16H,4-6H2,1-3H3/t10-,14?/m0/s1. The lowest BCUT2D eigenvalue weighted by atomic mass is 9.87. The molecule has 0 fully saturated rings. The van der Waals surface area contributed by atoms with E-state index in [1.54, 1.807) is 7.11 Å². The quantitative estimate of drug-likeness (QED) is 0.846. The maximum absolute atomic E-state index is 11.5. The first-order chi connectivity index (χ1) is 9.15. The van der Waals surface area contributed by atoms with Crippen molar-refractivity contribution in [2.75, 3.05) is 14.2 Å². The summed E-state index contributed by atoms with van der Waals surface area (Å²) in [6.45, 7) is 1.84. The Morgan fingerprint density at radius 2 is 2.21 bits per heavy atom. The molecule has 4 nitrogen and oxygen atoms in total. The molecular formula is C15H21NO3. The van der Waals surface area contributed by atoms with Crippen LogP contribution in [0.3, 0.4) is 0 Å². The van der Waals surface area contributed by atoms with E-state index in [0.717, 1.165) is 25.0 Å². The Balaban J connectivity index is 2.16. The van der Waals surface area contributed by atoms with Crippen molar-refractivity contribution in [3.8, 4) is 5.75 Å². The van der Waals surface area contributed by atoms with Gasteiger partial charge in [0.05, 0.1) is 14.2 Å². The molecule has 1 unspecified atom stereocenters. The van der Waals surface area contributed by atoms with Crippen LogP contribution in [0, 0.1) is 0 Å². The van der Waals surface area contributed by atoms with Crippen molar-refractivity contribution < 1.29 is 14.3 Å². The molecule has 0 saturated carbocycles. The minimum atomic E-state index is -0.289. The second kappa shape index (κ2) is 6.06. The van der Waals surface area contributed by atoms with Gasteiger partial charge in [-0.3, -0.25) is 10.1 Å². The molecule has 2 atom stereocenters. The second-order valence-electron chi connectivity index (χ2n) is 4.92. The number of ether oxygens (including phenoxy) is 2. The molecule has 4 heteroatoms. The highest BCUT2D eigenvalue weighted by Crippen LogP contribution is 2.32. The molecular weight excluding hydrogens is 242 g/mol. The summed E-state index contributed by atoms with van der Waals surface area (Å²) in [5, 5.41) is 3.35. The minimum Gasteiger partial charge on any atom is -0.497 e. The zero-order valence-electron chi connectivity index (χ0n) is 11.7. The highest BCUT2D eigenvalue weighted by molar-refractivity contribution is 5.75. The maximum Gasteiger partial charge on any atom is 0.322 e. The third-order valence-electron chi connectivity index (χ3n) is 3.67. The van der Waals surface area contributed by atoms with Gasteiger partial charge in [0.15, 0.2) is 0 Å². The molecule has 0 saturated heterocycles. The van der Waals surface area contributed by atoms with E-state index in [-0.39, 0.29) is 18.1 Å². The van der Waals surface area contributed by atoms with Crippen LogP contribution in [0.2, 0.25) is 0 Å². The highest BCUT2D eigenvalue weighted by atomic mass is 16.5. The van der Waals surface area contributed by atoms with Crippen LogP contribution in [0.1, 0.15) is 36.9 Å². The van der Waals surface area contributed by atoms with Crippen LogP contribution in [0.5, 0.6) is 5.75 Å². The summed E-state index contributed by atoms with van der Waals surface area (Å²) in [4.78, 5) is 11.5. The summed E-state index contributed by atoms with van der Waals surface area (Å²) in [7, 11) is 3.10. The zero-order valence-corrected chi connectivity index (χ0v) is 11.7. The summed E-state index contributed by atoms with van der Waals surface area (Å²) in [5.74, 6) is 0.668. The van der Waals surface area contributed by atoms with Crippen LogP contribution >= 0.6 is 0 Å². The SMILES string of the molecule is COC(=O)[C@H](C)NC1CCCc2cc(OC)ccc21. The Bertz CT molecular complexity index is 459.